The fourth-order valence-electron chi connectivity index (χ4n) is 4.78. The fraction of sp³-hybridized carbons (Fsp3) is 0.471. The standard InChI is InChI=1S/C34H45N5O9/c1-21(40)46-20-36-28(41)27(17-12-18-35-29(38-31(43)47-33(2,3)4)39-32(44)48-34(5,6)7)37-30(42)45-19-26-24-15-10-8-13-22(24)23-14-9-11-16-25(23)26/h8-11,13-16,26-27H,12,17-20H2,1-7H3,(H,36,41)(H,37,42)(H2,35,38,39,43,44). The second-order valence-corrected chi connectivity index (χ2v) is 13.0. The molecule has 4 N–H and O–H groups in total. The number of carbonyl (C=O) groups is 5. The quantitative estimate of drug-likeness (QED) is 0.0696. The van der Waals surface area contributed by atoms with Gasteiger partial charge in [0.05, 0.1) is 0 Å². The molecule has 0 aromatic heterocycles. The molecule has 1 aliphatic rings. The van der Waals surface area contributed by atoms with Crippen LogP contribution in [0.4, 0.5) is 14.4 Å². The minimum Gasteiger partial charge on any atom is -0.449 e. The lowest BCUT2D eigenvalue weighted by molar-refractivity contribution is -0.143. The number of alkyl carbamates (subject to hydrolysis) is 3. The molecule has 1 atom stereocenters. The van der Waals surface area contributed by atoms with E-state index in [1.807, 2.05) is 48.5 Å². The van der Waals surface area contributed by atoms with Gasteiger partial charge in [0.1, 0.15) is 23.9 Å². The number of guanidine groups is 1. The third-order valence-corrected chi connectivity index (χ3v) is 6.63. The lowest BCUT2D eigenvalue weighted by atomic mass is 9.98. The maximum Gasteiger partial charge on any atom is 0.414 e. The highest BCUT2D eigenvalue weighted by Crippen LogP contribution is 2.44. The Bertz CT molecular complexity index is 1430. The molecule has 4 amide bonds. The summed E-state index contributed by atoms with van der Waals surface area (Å²) in [5, 5.41) is 9.82. The summed E-state index contributed by atoms with van der Waals surface area (Å²) in [5.74, 6) is -1.61. The summed E-state index contributed by atoms with van der Waals surface area (Å²) in [5.41, 5.74) is 2.61. The highest BCUT2D eigenvalue weighted by molar-refractivity contribution is 6.01. The molecule has 14 nitrogen and oxygen atoms in total. The van der Waals surface area contributed by atoms with Gasteiger partial charge in [-0.1, -0.05) is 48.5 Å². The molecular weight excluding hydrogens is 622 g/mol. The summed E-state index contributed by atoms with van der Waals surface area (Å²) in [6.45, 7) is 11.0. The van der Waals surface area contributed by atoms with E-state index in [0.717, 1.165) is 22.3 Å². The Balaban J connectivity index is 1.66. The first-order valence-corrected chi connectivity index (χ1v) is 15.6. The molecule has 14 heteroatoms. The van der Waals surface area contributed by atoms with Crippen LogP contribution in [0.3, 0.4) is 0 Å². The summed E-state index contributed by atoms with van der Waals surface area (Å²) in [7, 11) is 0. The second kappa shape index (κ2) is 16.6. The summed E-state index contributed by atoms with van der Waals surface area (Å²) in [6, 6.07) is 14.7. The third-order valence-electron chi connectivity index (χ3n) is 6.63. The predicted molar refractivity (Wildman–Crippen MR) is 177 cm³/mol. The molecule has 0 aliphatic heterocycles. The average molecular weight is 668 g/mol. The lowest BCUT2D eigenvalue weighted by Gasteiger charge is -2.22. The number of esters is 1. The van der Waals surface area contributed by atoms with Crippen molar-refractivity contribution in [1.82, 2.24) is 21.3 Å². The number of fused-ring (bicyclic) bond motifs is 3. The molecular formula is C34H45N5O9. The van der Waals surface area contributed by atoms with Crippen LogP contribution in [0.5, 0.6) is 0 Å². The first-order valence-electron chi connectivity index (χ1n) is 15.6. The predicted octanol–water partition coefficient (Wildman–Crippen LogP) is 4.72. The molecule has 0 radical (unpaired) electrons. The molecule has 0 saturated heterocycles. The van der Waals surface area contributed by atoms with Crippen LogP contribution in [0.15, 0.2) is 53.5 Å². The number of ether oxygens (including phenoxy) is 4. The van der Waals surface area contributed by atoms with E-state index >= 15 is 0 Å². The van der Waals surface area contributed by atoms with Crippen LogP contribution in [0.25, 0.3) is 11.1 Å². The SMILES string of the molecule is CC(=O)OCNC(=O)C(CCCN=C(NC(=O)OC(C)(C)C)NC(=O)OC(C)(C)C)NC(=O)OCC1c2ccccc2-c2ccccc21. The molecule has 3 rings (SSSR count). The fourth-order valence-corrected chi connectivity index (χ4v) is 4.78. The van der Waals surface area contributed by atoms with Crippen molar-refractivity contribution in [1.29, 1.82) is 0 Å². The van der Waals surface area contributed by atoms with E-state index in [1.54, 1.807) is 41.5 Å². The first kappa shape index (κ1) is 37.3. The van der Waals surface area contributed by atoms with Crippen molar-refractivity contribution < 1.29 is 42.9 Å². The molecule has 0 bridgehead atoms. The third kappa shape index (κ3) is 12.2. The second-order valence-electron chi connectivity index (χ2n) is 13.0. The van der Waals surface area contributed by atoms with Crippen LogP contribution in [0.2, 0.25) is 0 Å². The smallest absolute Gasteiger partial charge is 0.414 e. The van der Waals surface area contributed by atoms with Crippen molar-refractivity contribution in [3.63, 3.8) is 0 Å². The van der Waals surface area contributed by atoms with E-state index in [2.05, 4.69) is 26.3 Å². The van der Waals surface area contributed by atoms with E-state index < -0.39 is 47.4 Å². The van der Waals surface area contributed by atoms with Gasteiger partial charge in [0.15, 0.2) is 6.73 Å². The van der Waals surface area contributed by atoms with Gasteiger partial charge in [0.25, 0.3) is 0 Å². The van der Waals surface area contributed by atoms with Gasteiger partial charge in [-0.05, 0) is 76.6 Å². The Labute approximate surface area is 280 Å². The van der Waals surface area contributed by atoms with E-state index in [-0.39, 0.29) is 44.6 Å². The number of nitrogens with one attached hydrogen (secondary N) is 4. The van der Waals surface area contributed by atoms with Crippen LogP contribution in [-0.2, 0) is 28.5 Å². The monoisotopic (exact) mass is 667 g/mol. The molecule has 48 heavy (non-hydrogen) atoms. The van der Waals surface area contributed by atoms with E-state index in [0.29, 0.717) is 0 Å². The highest BCUT2D eigenvalue weighted by Gasteiger charge is 2.30. The Kier molecular flexibility index (Phi) is 12.9. The van der Waals surface area contributed by atoms with Gasteiger partial charge in [-0.25, -0.2) is 14.4 Å². The maximum absolute atomic E-state index is 13.0. The largest absolute Gasteiger partial charge is 0.449 e. The van der Waals surface area contributed by atoms with Crippen LogP contribution >= 0.6 is 0 Å². The number of aliphatic imine (C=N–C) groups is 1. The molecule has 1 aliphatic carbocycles. The molecule has 0 heterocycles. The Morgan fingerprint density at radius 1 is 0.771 bits per heavy atom. The number of benzene rings is 2. The van der Waals surface area contributed by atoms with Crippen LogP contribution in [0, 0.1) is 0 Å². The Morgan fingerprint density at radius 3 is 1.79 bits per heavy atom. The minimum absolute atomic E-state index is 0.0149. The van der Waals surface area contributed by atoms with Crippen LogP contribution in [-0.4, -0.2) is 73.2 Å². The van der Waals surface area contributed by atoms with Crippen molar-refractivity contribution in [2.24, 2.45) is 4.99 Å². The van der Waals surface area contributed by atoms with Crippen molar-refractivity contribution >= 4 is 36.1 Å². The lowest BCUT2D eigenvalue weighted by Crippen LogP contribution is -2.48. The van der Waals surface area contributed by atoms with Crippen LogP contribution < -0.4 is 21.3 Å². The Morgan fingerprint density at radius 2 is 1.29 bits per heavy atom. The van der Waals surface area contributed by atoms with Crippen LogP contribution in [0.1, 0.15) is 78.4 Å². The summed E-state index contributed by atoms with van der Waals surface area (Å²) >= 11 is 0. The number of hydrogen-bond acceptors (Lipinski definition) is 10. The molecule has 1 unspecified atom stereocenters. The van der Waals surface area contributed by atoms with Crippen molar-refractivity contribution in [3.05, 3.63) is 59.7 Å². The van der Waals surface area contributed by atoms with Crippen molar-refractivity contribution in [2.45, 2.75) is 84.5 Å². The van der Waals surface area contributed by atoms with E-state index in [1.165, 1.54) is 6.92 Å². The average Bonchev–Trinajstić information content (AvgIpc) is 3.28. The van der Waals surface area contributed by atoms with Gasteiger partial charge < -0.3 is 29.6 Å². The normalized spacial score (nSPS) is 12.7. The zero-order valence-electron chi connectivity index (χ0n) is 28.4. The summed E-state index contributed by atoms with van der Waals surface area (Å²) in [4.78, 5) is 66.1. The highest BCUT2D eigenvalue weighted by atomic mass is 16.6. The minimum atomic E-state index is -1.09. The molecule has 0 fully saturated rings. The van der Waals surface area contributed by atoms with Gasteiger partial charge >= 0.3 is 24.2 Å². The Hall–Kier alpha value is -5.14. The number of hydrogen-bond donors (Lipinski definition) is 4. The van der Waals surface area contributed by atoms with Gasteiger partial charge in [0.2, 0.25) is 11.9 Å². The zero-order valence-corrected chi connectivity index (χ0v) is 28.4. The molecule has 260 valence electrons. The van der Waals surface area contributed by atoms with Gasteiger partial charge in [-0.3, -0.25) is 25.2 Å². The molecule has 0 spiro atoms. The number of carbonyl (C=O) groups excluding carboxylic acids is 5. The van der Waals surface area contributed by atoms with Gasteiger partial charge in [0, 0.05) is 19.4 Å². The van der Waals surface area contributed by atoms with Gasteiger partial charge in [-0.15, -0.1) is 0 Å². The van der Waals surface area contributed by atoms with Crippen molar-refractivity contribution in [3.8, 4) is 11.1 Å². The zero-order chi connectivity index (χ0) is 35.5. The topological polar surface area (TPSA) is 183 Å². The van der Waals surface area contributed by atoms with Crippen molar-refractivity contribution in [2.75, 3.05) is 19.9 Å². The van der Waals surface area contributed by atoms with Gasteiger partial charge in [-0.2, -0.15) is 0 Å². The summed E-state index contributed by atoms with van der Waals surface area (Å²) in [6.07, 6.45) is -2.22. The molecule has 0 saturated carbocycles. The summed E-state index contributed by atoms with van der Waals surface area (Å²) < 4.78 is 20.9. The van der Waals surface area contributed by atoms with E-state index in [4.69, 9.17) is 18.9 Å². The number of rotatable bonds is 10. The number of nitrogens with zero attached hydrogens (tertiary/aromatic N) is 1. The molecule has 2 aromatic rings. The maximum atomic E-state index is 13.0. The molecule has 2 aromatic carbocycles. The first-order chi connectivity index (χ1) is 22.5. The van der Waals surface area contributed by atoms with E-state index in [9.17, 15) is 24.0 Å². The number of amides is 4.